The minimum absolute atomic E-state index is 0.0120. The van der Waals surface area contributed by atoms with Crippen molar-refractivity contribution in [1.82, 2.24) is 4.90 Å². The molecular formula is C11H13Br2N3O2S. The van der Waals surface area contributed by atoms with E-state index in [9.17, 15) is 4.79 Å². The van der Waals surface area contributed by atoms with Gasteiger partial charge in [-0.2, -0.15) is 0 Å². The number of thiophene rings is 1. The maximum absolute atomic E-state index is 12.5. The van der Waals surface area contributed by atoms with Gasteiger partial charge in [0.2, 0.25) is 0 Å². The van der Waals surface area contributed by atoms with Gasteiger partial charge in [0.1, 0.15) is 5.84 Å². The molecule has 0 aliphatic heterocycles. The van der Waals surface area contributed by atoms with Crippen molar-refractivity contribution in [1.29, 1.82) is 0 Å². The van der Waals surface area contributed by atoms with E-state index in [1.54, 1.807) is 4.90 Å². The lowest BCUT2D eigenvalue weighted by Gasteiger charge is -2.21. The Hall–Kier alpha value is -0.600. The fourth-order valence-electron chi connectivity index (χ4n) is 1.76. The summed E-state index contributed by atoms with van der Waals surface area (Å²) < 4.78 is 1.73. The molecule has 1 aliphatic carbocycles. The van der Waals surface area contributed by atoms with Crippen LogP contribution in [0.5, 0.6) is 0 Å². The van der Waals surface area contributed by atoms with Crippen molar-refractivity contribution >= 4 is 54.9 Å². The first-order chi connectivity index (χ1) is 9.02. The van der Waals surface area contributed by atoms with Crippen LogP contribution >= 0.6 is 43.2 Å². The van der Waals surface area contributed by atoms with Crippen LogP contribution in [0.15, 0.2) is 18.8 Å². The summed E-state index contributed by atoms with van der Waals surface area (Å²) in [5.74, 6) is 0.131. The minimum atomic E-state index is -0.0120. The smallest absolute Gasteiger partial charge is 0.256 e. The molecule has 1 amide bonds. The molecule has 1 saturated carbocycles. The Balaban J connectivity index is 2.10. The molecule has 8 heteroatoms. The van der Waals surface area contributed by atoms with Gasteiger partial charge in [0.05, 0.1) is 13.1 Å². The normalized spacial score (nSPS) is 15.6. The molecule has 3 N–H and O–H groups in total. The van der Waals surface area contributed by atoms with E-state index in [2.05, 4.69) is 37.0 Å². The van der Waals surface area contributed by atoms with E-state index in [1.807, 2.05) is 6.07 Å². The van der Waals surface area contributed by atoms with Gasteiger partial charge in [0, 0.05) is 19.0 Å². The number of amidine groups is 1. The van der Waals surface area contributed by atoms with Gasteiger partial charge in [-0.25, -0.2) is 0 Å². The summed E-state index contributed by atoms with van der Waals surface area (Å²) in [6, 6.07) is 2.10. The van der Waals surface area contributed by atoms with Crippen LogP contribution in [0.2, 0.25) is 0 Å². The zero-order chi connectivity index (χ0) is 14.0. The second-order valence-corrected chi connectivity index (χ2v) is 8.06. The van der Waals surface area contributed by atoms with Crippen molar-refractivity contribution in [2.75, 3.05) is 6.54 Å². The molecule has 0 unspecified atom stereocenters. The minimum Gasteiger partial charge on any atom is -0.409 e. The van der Waals surface area contributed by atoms with Crippen molar-refractivity contribution in [3.8, 4) is 0 Å². The van der Waals surface area contributed by atoms with E-state index in [1.165, 1.54) is 11.3 Å². The molecule has 0 bridgehead atoms. The summed E-state index contributed by atoms with van der Waals surface area (Å²) >= 11 is 8.25. The van der Waals surface area contributed by atoms with Crippen LogP contribution in [0.25, 0.3) is 0 Å². The van der Waals surface area contributed by atoms with Crippen molar-refractivity contribution < 1.29 is 10.0 Å². The highest BCUT2D eigenvalue weighted by Gasteiger charge is 2.34. The van der Waals surface area contributed by atoms with Crippen molar-refractivity contribution in [2.45, 2.75) is 25.3 Å². The van der Waals surface area contributed by atoms with Gasteiger partial charge >= 0.3 is 0 Å². The largest absolute Gasteiger partial charge is 0.409 e. The van der Waals surface area contributed by atoms with E-state index in [0.717, 1.165) is 20.4 Å². The van der Waals surface area contributed by atoms with E-state index < -0.39 is 0 Å². The molecule has 0 atom stereocenters. The van der Waals surface area contributed by atoms with E-state index in [4.69, 9.17) is 10.9 Å². The van der Waals surface area contributed by atoms with Gasteiger partial charge < -0.3 is 15.8 Å². The molecule has 19 heavy (non-hydrogen) atoms. The molecule has 5 nitrogen and oxygen atoms in total. The number of carbonyl (C=O) groups excluding carboxylic acids is 1. The number of hydrogen-bond acceptors (Lipinski definition) is 4. The van der Waals surface area contributed by atoms with Crippen LogP contribution in [0.4, 0.5) is 0 Å². The molecule has 1 heterocycles. The van der Waals surface area contributed by atoms with Crippen LogP contribution in [-0.2, 0) is 0 Å². The second kappa shape index (κ2) is 6.23. The second-order valence-electron chi connectivity index (χ2n) is 4.31. The van der Waals surface area contributed by atoms with Crippen LogP contribution in [0, 0.1) is 0 Å². The predicted molar refractivity (Wildman–Crippen MR) is 81.8 cm³/mol. The average molecular weight is 411 g/mol. The lowest BCUT2D eigenvalue weighted by atomic mass is 10.2. The molecule has 1 aromatic heterocycles. The number of amides is 1. The molecule has 0 spiro atoms. The van der Waals surface area contributed by atoms with Gasteiger partial charge in [-0.05, 0) is 50.8 Å². The zero-order valence-corrected chi connectivity index (χ0v) is 14.0. The number of oxime groups is 1. The summed E-state index contributed by atoms with van der Waals surface area (Å²) in [5.41, 5.74) is 6.12. The van der Waals surface area contributed by atoms with Crippen molar-refractivity contribution in [2.24, 2.45) is 10.9 Å². The molecule has 1 fully saturated rings. The topological polar surface area (TPSA) is 78.9 Å². The molecule has 1 aromatic rings. The number of nitrogens with two attached hydrogens (primary N) is 1. The summed E-state index contributed by atoms with van der Waals surface area (Å²) in [6.45, 7) is 0.472. The molecule has 2 rings (SSSR count). The van der Waals surface area contributed by atoms with Crippen LogP contribution in [0.3, 0.4) is 0 Å². The Morgan fingerprint density at radius 3 is 2.74 bits per heavy atom. The molecule has 0 radical (unpaired) electrons. The monoisotopic (exact) mass is 409 g/mol. The van der Waals surface area contributed by atoms with Gasteiger partial charge in [0.15, 0.2) is 0 Å². The highest BCUT2D eigenvalue weighted by Crippen LogP contribution is 2.35. The quantitative estimate of drug-likeness (QED) is 0.339. The first-order valence-electron chi connectivity index (χ1n) is 5.75. The highest BCUT2D eigenvalue weighted by atomic mass is 79.9. The lowest BCUT2D eigenvalue weighted by molar-refractivity contribution is 0.0747. The number of carbonyl (C=O) groups is 1. The zero-order valence-electron chi connectivity index (χ0n) is 9.97. The maximum atomic E-state index is 12.5. The molecule has 0 saturated heterocycles. The molecular weight excluding hydrogens is 398 g/mol. The van der Waals surface area contributed by atoms with Crippen LogP contribution < -0.4 is 5.73 Å². The van der Waals surface area contributed by atoms with Crippen LogP contribution in [-0.4, -0.2) is 34.4 Å². The van der Waals surface area contributed by atoms with E-state index in [0.29, 0.717) is 18.5 Å². The fourth-order valence-corrected chi connectivity index (χ4v) is 4.54. The molecule has 104 valence electrons. The third-order valence-corrected chi connectivity index (χ3v) is 5.21. The van der Waals surface area contributed by atoms with Crippen molar-refractivity contribution in [3.63, 3.8) is 0 Å². The SMILES string of the molecule is N/C(CCN(C(=O)c1cc(Br)sc1Br)C1CC1)=N/O. The highest BCUT2D eigenvalue weighted by molar-refractivity contribution is 9.12. The fraction of sp³-hybridized carbons (Fsp3) is 0.455. The predicted octanol–water partition coefficient (Wildman–Crippen LogP) is 3.01. The summed E-state index contributed by atoms with van der Waals surface area (Å²) in [5, 5.41) is 11.5. The van der Waals surface area contributed by atoms with E-state index in [-0.39, 0.29) is 17.8 Å². The Morgan fingerprint density at radius 2 is 2.26 bits per heavy atom. The number of halogens is 2. The van der Waals surface area contributed by atoms with Gasteiger partial charge in [-0.1, -0.05) is 5.16 Å². The Kier molecular flexibility index (Phi) is 4.86. The summed E-state index contributed by atoms with van der Waals surface area (Å²) in [6.07, 6.45) is 2.41. The standard InChI is InChI=1S/C11H13Br2N3O2S/c12-8-5-7(10(13)19-8)11(17)16(6-1-2-6)4-3-9(14)15-18/h5-6,18H,1-4H2,(H2,14,15). The van der Waals surface area contributed by atoms with E-state index >= 15 is 0 Å². The number of rotatable bonds is 5. The number of nitrogens with zero attached hydrogens (tertiary/aromatic N) is 2. The maximum Gasteiger partial charge on any atom is 0.256 e. The summed E-state index contributed by atoms with van der Waals surface area (Å²) in [4.78, 5) is 14.3. The summed E-state index contributed by atoms with van der Waals surface area (Å²) in [7, 11) is 0. The Bertz CT molecular complexity index is 514. The Morgan fingerprint density at radius 1 is 1.58 bits per heavy atom. The van der Waals surface area contributed by atoms with Crippen molar-refractivity contribution in [3.05, 3.63) is 19.2 Å². The van der Waals surface area contributed by atoms with Gasteiger partial charge in [-0.15, -0.1) is 11.3 Å². The lowest BCUT2D eigenvalue weighted by Crippen LogP contribution is -2.35. The van der Waals surface area contributed by atoms with Gasteiger partial charge in [0.25, 0.3) is 5.91 Å². The first kappa shape index (κ1) is 14.8. The molecule has 1 aliphatic rings. The van der Waals surface area contributed by atoms with Crippen LogP contribution in [0.1, 0.15) is 29.6 Å². The third-order valence-electron chi connectivity index (χ3n) is 2.87. The Labute approximate surface area is 131 Å². The number of hydrogen-bond donors (Lipinski definition) is 2. The average Bonchev–Trinajstić information content (AvgIpc) is 3.14. The van der Waals surface area contributed by atoms with Gasteiger partial charge in [-0.3, -0.25) is 4.79 Å². The molecule has 0 aromatic carbocycles. The first-order valence-corrected chi connectivity index (χ1v) is 8.15. The third kappa shape index (κ3) is 3.70.